The molecule has 2 bridgehead atoms. The summed E-state index contributed by atoms with van der Waals surface area (Å²) in [6.45, 7) is 7.54. The van der Waals surface area contributed by atoms with Crippen LogP contribution in [0.2, 0.25) is 0 Å². The fraction of sp³-hybridized carbons (Fsp3) is 0.524. The number of nitrogens with one attached hydrogen (secondary N) is 2. The first-order valence-corrected chi connectivity index (χ1v) is 10.2. The monoisotopic (exact) mass is 395 g/mol. The number of nitrogens with zero attached hydrogens (tertiary/aromatic N) is 3. The normalized spacial score (nSPS) is 24.4. The molecule has 8 heteroatoms. The molecule has 0 unspecified atom stereocenters. The highest BCUT2D eigenvalue weighted by molar-refractivity contribution is 5.94. The van der Waals surface area contributed by atoms with Crippen LogP contribution in [0.5, 0.6) is 0 Å². The number of hydrogen-bond donors (Lipinski definition) is 4. The lowest BCUT2D eigenvalue weighted by molar-refractivity contribution is -0.100. The fourth-order valence-electron chi connectivity index (χ4n) is 4.99. The van der Waals surface area contributed by atoms with Gasteiger partial charge < -0.3 is 22.1 Å². The topological polar surface area (TPSA) is 132 Å². The predicted molar refractivity (Wildman–Crippen MR) is 114 cm³/mol. The van der Waals surface area contributed by atoms with E-state index in [1.807, 2.05) is 13.0 Å². The molecule has 3 atom stereocenters. The summed E-state index contributed by atoms with van der Waals surface area (Å²) in [5.41, 5.74) is 13.8. The molecule has 2 aromatic rings. The number of aromatic nitrogens is 3. The molecule has 6 N–H and O–H groups in total. The summed E-state index contributed by atoms with van der Waals surface area (Å²) in [6.07, 6.45) is 3.88. The van der Waals surface area contributed by atoms with E-state index in [1.165, 1.54) is 19.3 Å². The largest absolute Gasteiger partial charge is 0.368 e. The highest BCUT2D eigenvalue weighted by Crippen LogP contribution is 2.61. The molecule has 0 radical (unpaired) electrons. The summed E-state index contributed by atoms with van der Waals surface area (Å²) in [4.78, 5) is 24.3. The van der Waals surface area contributed by atoms with Crippen LogP contribution < -0.4 is 22.1 Å². The van der Waals surface area contributed by atoms with Crippen LogP contribution in [0, 0.1) is 30.1 Å². The van der Waals surface area contributed by atoms with Crippen molar-refractivity contribution in [2.75, 3.05) is 22.9 Å². The van der Waals surface area contributed by atoms with Crippen LogP contribution in [-0.2, 0) is 0 Å². The summed E-state index contributed by atoms with van der Waals surface area (Å²) in [6, 6.07) is 5.19. The third-order valence-corrected chi connectivity index (χ3v) is 6.94. The first-order valence-electron chi connectivity index (χ1n) is 10.2. The molecule has 3 aliphatic carbocycles. The minimum absolute atomic E-state index is 0.140. The van der Waals surface area contributed by atoms with E-state index < -0.39 is 5.91 Å². The highest BCUT2D eigenvalue weighted by atomic mass is 16.1. The number of nitrogen functional groups attached to an aromatic ring is 1. The molecule has 3 saturated carbocycles. The second-order valence-corrected chi connectivity index (χ2v) is 8.94. The Hall–Kier alpha value is -2.90. The highest BCUT2D eigenvalue weighted by Gasteiger charge is 2.53. The van der Waals surface area contributed by atoms with Crippen LogP contribution in [0.4, 0.5) is 23.5 Å². The standard InChI is InChI=1S/C21H29N7O/c1-11-4-5-12(17(22)29)8-16(11)25-20-27-18(23)26-19(28-20)24-10-13-6-7-14-9-15(13)21(14,2)3/h4-5,8,13-15H,6-7,9-10H2,1-3H3,(H2,22,29)(H4,23,24,25,26,27,28)/t13-,14+,15+/m0/s1. The molecule has 1 amide bonds. The first kappa shape index (κ1) is 19.4. The molecule has 0 spiro atoms. The summed E-state index contributed by atoms with van der Waals surface area (Å²) >= 11 is 0. The summed E-state index contributed by atoms with van der Waals surface area (Å²) in [7, 11) is 0. The molecule has 0 aliphatic heterocycles. The lowest BCUT2D eigenvalue weighted by Crippen LogP contribution is -2.53. The average molecular weight is 396 g/mol. The van der Waals surface area contributed by atoms with Crippen molar-refractivity contribution in [3.63, 3.8) is 0 Å². The van der Waals surface area contributed by atoms with Crippen LogP contribution in [-0.4, -0.2) is 27.4 Å². The van der Waals surface area contributed by atoms with E-state index >= 15 is 0 Å². The molecular formula is C21H29N7O. The second kappa shape index (κ2) is 7.17. The zero-order valence-corrected chi connectivity index (χ0v) is 17.2. The van der Waals surface area contributed by atoms with Crippen molar-refractivity contribution < 1.29 is 4.79 Å². The third kappa shape index (κ3) is 3.71. The van der Waals surface area contributed by atoms with Crippen LogP contribution >= 0.6 is 0 Å². The van der Waals surface area contributed by atoms with Gasteiger partial charge in [0.15, 0.2) is 0 Å². The second-order valence-electron chi connectivity index (χ2n) is 8.94. The average Bonchev–Trinajstić information content (AvgIpc) is 2.67. The number of rotatable bonds is 6. The van der Waals surface area contributed by atoms with Crippen molar-refractivity contribution in [1.29, 1.82) is 0 Å². The fourth-order valence-corrected chi connectivity index (χ4v) is 4.99. The molecule has 1 aromatic heterocycles. The van der Waals surface area contributed by atoms with Gasteiger partial charge in [-0.25, -0.2) is 0 Å². The zero-order valence-electron chi connectivity index (χ0n) is 17.2. The number of carbonyl (C=O) groups excluding carboxylic acids is 1. The Kier molecular flexibility index (Phi) is 4.80. The van der Waals surface area contributed by atoms with E-state index in [4.69, 9.17) is 11.5 Å². The van der Waals surface area contributed by atoms with Crippen molar-refractivity contribution in [1.82, 2.24) is 15.0 Å². The summed E-state index contributed by atoms with van der Waals surface area (Å²) in [5.74, 6) is 2.70. The van der Waals surface area contributed by atoms with Gasteiger partial charge in [-0.1, -0.05) is 19.9 Å². The molecular weight excluding hydrogens is 366 g/mol. The molecule has 5 rings (SSSR count). The maximum atomic E-state index is 11.5. The van der Waals surface area contributed by atoms with Gasteiger partial charge in [-0.3, -0.25) is 4.79 Å². The van der Waals surface area contributed by atoms with Crippen molar-refractivity contribution >= 4 is 29.4 Å². The zero-order chi connectivity index (χ0) is 20.8. The predicted octanol–water partition coefficient (Wildman–Crippen LogP) is 3.09. The lowest BCUT2D eigenvalue weighted by Gasteiger charge is -2.60. The van der Waals surface area contributed by atoms with Crippen LogP contribution in [0.25, 0.3) is 0 Å². The Morgan fingerprint density at radius 3 is 2.66 bits per heavy atom. The SMILES string of the molecule is Cc1ccc(C(N)=O)cc1Nc1nc(N)nc(NC[C@@H]2CC[C@@H]3C[C@H]2C3(C)C)n1. The number of aryl methyl sites for hydroxylation is 1. The Morgan fingerprint density at radius 1 is 1.21 bits per heavy atom. The van der Waals surface area contributed by atoms with Gasteiger partial charge in [0, 0.05) is 17.8 Å². The first-order chi connectivity index (χ1) is 13.7. The maximum absolute atomic E-state index is 11.5. The quantitative estimate of drug-likeness (QED) is 0.591. The minimum atomic E-state index is -0.487. The summed E-state index contributed by atoms with van der Waals surface area (Å²) in [5, 5.41) is 6.49. The number of amides is 1. The molecule has 29 heavy (non-hydrogen) atoms. The number of benzene rings is 1. The van der Waals surface area contributed by atoms with Gasteiger partial charge in [-0.05, 0) is 67.1 Å². The molecule has 3 fully saturated rings. The smallest absolute Gasteiger partial charge is 0.248 e. The molecule has 1 heterocycles. The number of hydrogen-bond acceptors (Lipinski definition) is 7. The number of anilines is 4. The minimum Gasteiger partial charge on any atom is -0.368 e. The molecule has 0 saturated heterocycles. The Labute approximate surface area is 170 Å². The van der Waals surface area contributed by atoms with Crippen LogP contribution in [0.15, 0.2) is 18.2 Å². The van der Waals surface area contributed by atoms with Gasteiger partial charge in [0.1, 0.15) is 0 Å². The Morgan fingerprint density at radius 2 is 1.97 bits per heavy atom. The van der Waals surface area contributed by atoms with Crippen LogP contribution in [0.1, 0.15) is 49.0 Å². The van der Waals surface area contributed by atoms with Gasteiger partial charge in [-0.2, -0.15) is 15.0 Å². The molecule has 8 nitrogen and oxygen atoms in total. The van der Waals surface area contributed by atoms with E-state index in [9.17, 15) is 4.79 Å². The number of fused-ring (bicyclic) bond motifs is 2. The van der Waals surface area contributed by atoms with E-state index in [-0.39, 0.29) is 5.95 Å². The summed E-state index contributed by atoms with van der Waals surface area (Å²) < 4.78 is 0. The number of carbonyl (C=O) groups is 1. The molecule has 1 aromatic carbocycles. The van der Waals surface area contributed by atoms with Crippen molar-refractivity contribution in [3.05, 3.63) is 29.3 Å². The lowest BCUT2D eigenvalue weighted by atomic mass is 9.45. The van der Waals surface area contributed by atoms with Crippen molar-refractivity contribution in [3.8, 4) is 0 Å². The van der Waals surface area contributed by atoms with E-state index in [1.54, 1.807) is 12.1 Å². The van der Waals surface area contributed by atoms with Crippen LogP contribution in [0.3, 0.4) is 0 Å². The Bertz CT molecular complexity index is 941. The van der Waals surface area contributed by atoms with Gasteiger partial charge in [0.05, 0.1) is 0 Å². The van der Waals surface area contributed by atoms with E-state index in [2.05, 4.69) is 39.4 Å². The van der Waals surface area contributed by atoms with Gasteiger partial charge in [0.25, 0.3) is 0 Å². The van der Waals surface area contributed by atoms with Crippen molar-refractivity contribution in [2.24, 2.45) is 28.9 Å². The van der Waals surface area contributed by atoms with Gasteiger partial charge in [0.2, 0.25) is 23.8 Å². The van der Waals surface area contributed by atoms with Gasteiger partial charge in [-0.15, -0.1) is 0 Å². The van der Waals surface area contributed by atoms with Crippen molar-refractivity contribution in [2.45, 2.75) is 40.0 Å². The number of nitrogens with two attached hydrogens (primary N) is 2. The third-order valence-electron chi connectivity index (χ3n) is 6.94. The molecule has 3 aliphatic rings. The van der Waals surface area contributed by atoms with E-state index in [0.717, 1.165) is 23.9 Å². The maximum Gasteiger partial charge on any atom is 0.248 e. The number of primary amides is 1. The van der Waals surface area contributed by atoms with E-state index in [0.29, 0.717) is 34.5 Å². The Balaban J connectivity index is 1.47. The van der Waals surface area contributed by atoms with Gasteiger partial charge >= 0.3 is 0 Å². The molecule has 154 valence electrons.